The fraction of sp³-hybridized carbons (Fsp3) is 0.538. The highest BCUT2D eigenvalue weighted by Gasteiger charge is 2.44. The summed E-state index contributed by atoms with van der Waals surface area (Å²) in [6.45, 7) is 6.50. The van der Waals surface area contributed by atoms with Crippen LogP contribution in [0, 0.1) is 22.7 Å². The average molecular weight is 215 g/mol. The largest absolute Gasteiger partial charge is 0.312 e. The Balaban J connectivity index is 1.79. The van der Waals surface area contributed by atoms with Gasteiger partial charge in [-0.25, -0.2) is 4.98 Å². The van der Waals surface area contributed by atoms with E-state index in [1.54, 1.807) is 6.20 Å². The van der Waals surface area contributed by atoms with Crippen LogP contribution >= 0.6 is 0 Å². The second-order valence-electron chi connectivity index (χ2n) is 5.18. The van der Waals surface area contributed by atoms with E-state index < -0.39 is 0 Å². The normalized spacial score (nSPS) is 21.4. The standard InChI is InChI=1S/C13H17N3/c1-13(2)6-11(13)9-15-8-10-3-4-16-12(5-10)7-14/h3-5,11,15H,6,8-9H2,1-2H3. The molecule has 2 rings (SSSR count). The Kier molecular flexibility index (Phi) is 2.93. The predicted molar refractivity (Wildman–Crippen MR) is 62.5 cm³/mol. The van der Waals surface area contributed by atoms with Crippen LogP contribution in [0.1, 0.15) is 31.5 Å². The van der Waals surface area contributed by atoms with Crippen molar-refractivity contribution in [3.8, 4) is 6.07 Å². The minimum Gasteiger partial charge on any atom is -0.312 e. The molecule has 0 aliphatic heterocycles. The zero-order valence-corrected chi connectivity index (χ0v) is 9.83. The zero-order chi connectivity index (χ0) is 11.6. The van der Waals surface area contributed by atoms with Crippen LogP contribution in [0.25, 0.3) is 0 Å². The maximum Gasteiger partial charge on any atom is 0.140 e. The number of nitrogens with zero attached hydrogens (tertiary/aromatic N) is 2. The van der Waals surface area contributed by atoms with Crippen molar-refractivity contribution < 1.29 is 0 Å². The SMILES string of the molecule is CC1(C)CC1CNCc1ccnc(C#N)c1. The maximum atomic E-state index is 8.72. The summed E-state index contributed by atoms with van der Waals surface area (Å²) in [7, 11) is 0. The first-order chi connectivity index (χ1) is 7.62. The van der Waals surface area contributed by atoms with E-state index in [4.69, 9.17) is 5.26 Å². The van der Waals surface area contributed by atoms with Crippen molar-refractivity contribution in [1.29, 1.82) is 5.26 Å². The molecule has 1 aliphatic carbocycles. The molecule has 3 nitrogen and oxygen atoms in total. The number of nitriles is 1. The van der Waals surface area contributed by atoms with Gasteiger partial charge in [0.15, 0.2) is 0 Å². The molecule has 0 radical (unpaired) electrons. The lowest BCUT2D eigenvalue weighted by Crippen LogP contribution is -2.18. The van der Waals surface area contributed by atoms with Gasteiger partial charge in [0.1, 0.15) is 11.8 Å². The molecule has 0 spiro atoms. The Hall–Kier alpha value is -1.40. The summed E-state index contributed by atoms with van der Waals surface area (Å²) in [6.07, 6.45) is 3.01. The molecule has 1 saturated carbocycles. The molecule has 1 N–H and O–H groups in total. The predicted octanol–water partition coefficient (Wildman–Crippen LogP) is 2.09. The summed E-state index contributed by atoms with van der Waals surface area (Å²) in [5.41, 5.74) is 2.15. The summed E-state index contributed by atoms with van der Waals surface area (Å²) in [5, 5.41) is 12.2. The smallest absolute Gasteiger partial charge is 0.140 e. The van der Waals surface area contributed by atoms with E-state index in [9.17, 15) is 0 Å². The van der Waals surface area contributed by atoms with Crippen molar-refractivity contribution in [2.45, 2.75) is 26.8 Å². The molecular weight excluding hydrogens is 198 g/mol. The molecule has 1 aliphatic rings. The van der Waals surface area contributed by atoms with E-state index >= 15 is 0 Å². The lowest BCUT2D eigenvalue weighted by atomic mass is 10.1. The van der Waals surface area contributed by atoms with Gasteiger partial charge in [0.05, 0.1) is 0 Å². The lowest BCUT2D eigenvalue weighted by molar-refractivity contribution is 0.519. The van der Waals surface area contributed by atoms with E-state index in [2.05, 4.69) is 30.2 Å². The number of pyridine rings is 1. The number of nitrogens with one attached hydrogen (secondary N) is 1. The Bertz CT molecular complexity index is 417. The van der Waals surface area contributed by atoms with Crippen LogP contribution in [0.3, 0.4) is 0 Å². The van der Waals surface area contributed by atoms with Gasteiger partial charge in [-0.3, -0.25) is 0 Å². The highest BCUT2D eigenvalue weighted by molar-refractivity contribution is 5.25. The summed E-state index contributed by atoms with van der Waals surface area (Å²) in [4.78, 5) is 3.95. The molecule has 1 heterocycles. The van der Waals surface area contributed by atoms with Gasteiger partial charge in [0, 0.05) is 12.7 Å². The van der Waals surface area contributed by atoms with Crippen LogP contribution in [0.4, 0.5) is 0 Å². The van der Waals surface area contributed by atoms with Crippen molar-refractivity contribution in [2.75, 3.05) is 6.54 Å². The summed E-state index contributed by atoms with van der Waals surface area (Å²) >= 11 is 0. The fourth-order valence-corrected chi connectivity index (χ4v) is 1.96. The maximum absolute atomic E-state index is 8.72. The Morgan fingerprint density at radius 1 is 1.62 bits per heavy atom. The number of hydrogen-bond acceptors (Lipinski definition) is 3. The van der Waals surface area contributed by atoms with Gasteiger partial charge < -0.3 is 5.32 Å². The number of hydrogen-bond donors (Lipinski definition) is 1. The van der Waals surface area contributed by atoms with E-state index in [1.165, 1.54) is 6.42 Å². The minimum atomic E-state index is 0.492. The van der Waals surface area contributed by atoms with Gasteiger partial charge in [-0.15, -0.1) is 0 Å². The van der Waals surface area contributed by atoms with Gasteiger partial charge in [0.2, 0.25) is 0 Å². The third-order valence-electron chi connectivity index (χ3n) is 3.38. The topological polar surface area (TPSA) is 48.7 Å². The summed E-state index contributed by atoms with van der Waals surface area (Å²) in [5.74, 6) is 0.810. The molecule has 0 bridgehead atoms. The molecule has 0 aromatic carbocycles. The third-order valence-corrected chi connectivity index (χ3v) is 3.38. The first-order valence-electron chi connectivity index (χ1n) is 5.67. The molecule has 1 unspecified atom stereocenters. The van der Waals surface area contributed by atoms with E-state index in [1.807, 2.05) is 12.1 Å². The van der Waals surface area contributed by atoms with Crippen molar-refractivity contribution >= 4 is 0 Å². The molecule has 16 heavy (non-hydrogen) atoms. The quantitative estimate of drug-likeness (QED) is 0.836. The van der Waals surface area contributed by atoms with Crippen LogP contribution in [0.5, 0.6) is 0 Å². The second kappa shape index (κ2) is 4.23. The Morgan fingerprint density at radius 2 is 2.38 bits per heavy atom. The molecule has 3 heteroatoms. The Morgan fingerprint density at radius 3 is 3.00 bits per heavy atom. The molecule has 84 valence electrons. The van der Waals surface area contributed by atoms with E-state index in [0.717, 1.165) is 24.6 Å². The molecule has 1 aromatic rings. The molecule has 0 amide bonds. The molecule has 1 atom stereocenters. The third kappa shape index (κ3) is 2.59. The lowest BCUT2D eigenvalue weighted by Gasteiger charge is -2.06. The van der Waals surface area contributed by atoms with Crippen molar-refractivity contribution in [3.05, 3.63) is 29.6 Å². The van der Waals surface area contributed by atoms with Crippen LogP contribution < -0.4 is 5.32 Å². The van der Waals surface area contributed by atoms with Gasteiger partial charge >= 0.3 is 0 Å². The summed E-state index contributed by atoms with van der Waals surface area (Å²) < 4.78 is 0. The van der Waals surface area contributed by atoms with Crippen LogP contribution in [-0.4, -0.2) is 11.5 Å². The summed E-state index contributed by atoms with van der Waals surface area (Å²) in [6, 6.07) is 5.84. The highest BCUT2D eigenvalue weighted by Crippen LogP contribution is 2.50. The van der Waals surface area contributed by atoms with Gasteiger partial charge in [-0.05, 0) is 42.0 Å². The number of rotatable bonds is 4. The van der Waals surface area contributed by atoms with E-state index in [-0.39, 0.29) is 0 Å². The van der Waals surface area contributed by atoms with Gasteiger partial charge in [0.25, 0.3) is 0 Å². The Labute approximate surface area is 96.5 Å². The van der Waals surface area contributed by atoms with Crippen molar-refractivity contribution in [2.24, 2.45) is 11.3 Å². The van der Waals surface area contributed by atoms with Gasteiger partial charge in [-0.1, -0.05) is 13.8 Å². The first-order valence-corrected chi connectivity index (χ1v) is 5.67. The van der Waals surface area contributed by atoms with Crippen LogP contribution in [0.2, 0.25) is 0 Å². The highest BCUT2D eigenvalue weighted by atomic mass is 14.9. The van der Waals surface area contributed by atoms with Crippen molar-refractivity contribution in [1.82, 2.24) is 10.3 Å². The minimum absolute atomic E-state index is 0.492. The van der Waals surface area contributed by atoms with Gasteiger partial charge in [-0.2, -0.15) is 5.26 Å². The molecule has 1 aromatic heterocycles. The van der Waals surface area contributed by atoms with Crippen LogP contribution in [-0.2, 0) is 6.54 Å². The zero-order valence-electron chi connectivity index (χ0n) is 9.83. The second-order valence-corrected chi connectivity index (χ2v) is 5.18. The molecule has 0 saturated heterocycles. The van der Waals surface area contributed by atoms with Crippen molar-refractivity contribution in [3.63, 3.8) is 0 Å². The monoisotopic (exact) mass is 215 g/mol. The molecule has 1 fully saturated rings. The average Bonchev–Trinajstić information content (AvgIpc) is 2.87. The number of aromatic nitrogens is 1. The van der Waals surface area contributed by atoms with E-state index in [0.29, 0.717) is 11.1 Å². The first kappa shape index (κ1) is 11.1. The molecular formula is C13H17N3. The van der Waals surface area contributed by atoms with Crippen LogP contribution in [0.15, 0.2) is 18.3 Å². The fourth-order valence-electron chi connectivity index (χ4n) is 1.96.